The Balaban J connectivity index is 1.74. The second-order valence-electron chi connectivity index (χ2n) is 5.70. The lowest BCUT2D eigenvalue weighted by atomic mass is 10.2. The van der Waals surface area contributed by atoms with E-state index in [1.165, 1.54) is 11.2 Å². The van der Waals surface area contributed by atoms with Gasteiger partial charge in [-0.2, -0.15) is 4.31 Å². The van der Waals surface area contributed by atoms with Crippen LogP contribution in [-0.4, -0.2) is 49.7 Å². The van der Waals surface area contributed by atoms with Gasteiger partial charge in [-0.3, -0.25) is 4.79 Å². The maximum atomic E-state index is 13.8. The topological polar surface area (TPSA) is 70.8 Å². The number of halogens is 2. The minimum Gasteiger partial charge on any atom is -0.459 e. The lowest BCUT2D eigenvalue weighted by Gasteiger charge is -2.33. The zero-order valence-corrected chi connectivity index (χ0v) is 14.2. The average Bonchev–Trinajstić information content (AvgIpc) is 3.02. The summed E-state index contributed by atoms with van der Waals surface area (Å²) in [5, 5.41) is 0. The van der Waals surface area contributed by atoms with Crippen LogP contribution in [0.15, 0.2) is 39.8 Å². The largest absolute Gasteiger partial charge is 0.459 e. The normalized spacial score (nSPS) is 16.2. The predicted molar refractivity (Wildman–Crippen MR) is 84.5 cm³/mol. The number of rotatable bonds is 3. The zero-order valence-electron chi connectivity index (χ0n) is 13.4. The Bertz CT molecular complexity index is 903. The van der Waals surface area contributed by atoms with Crippen molar-refractivity contribution in [1.29, 1.82) is 0 Å². The van der Waals surface area contributed by atoms with E-state index >= 15 is 0 Å². The molecule has 0 atom stereocenters. The fourth-order valence-electron chi connectivity index (χ4n) is 2.68. The highest BCUT2D eigenvalue weighted by molar-refractivity contribution is 7.89. The molecule has 1 aliphatic heterocycles. The van der Waals surface area contributed by atoms with Gasteiger partial charge in [-0.15, -0.1) is 0 Å². The van der Waals surface area contributed by atoms with Crippen LogP contribution in [0.25, 0.3) is 0 Å². The molecule has 0 N–H and O–H groups in total. The van der Waals surface area contributed by atoms with Crippen LogP contribution in [0.1, 0.15) is 16.1 Å². The number of carbonyl (C=O) groups is 1. The fraction of sp³-hybridized carbons (Fsp3) is 0.312. The maximum Gasteiger partial charge on any atom is 0.289 e. The van der Waals surface area contributed by atoms with Gasteiger partial charge in [0, 0.05) is 31.7 Å². The number of carbonyl (C=O) groups excluding carboxylic acids is 1. The Morgan fingerprint density at radius 3 is 2.40 bits per heavy atom. The number of amides is 1. The van der Waals surface area contributed by atoms with Gasteiger partial charge in [0.25, 0.3) is 5.91 Å². The first-order chi connectivity index (χ1) is 11.8. The number of hydrogen-bond acceptors (Lipinski definition) is 4. The van der Waals surface area contributed by atoms with Crippen LogP contribution in [0, 0.1) is 18.6 Å². The molecule has 0 spiro atoms. The van der Waals surface area contributed by atoms with Crippen LogP contribution in [0.2, 0.25) is 0 Å². The molecule has 0 unspecified atom stereocenters. The summed E-state index contributed by atoms with van der Waals surface area (Å²) >= 11 is 0. The van der Waals surface area contributed by atoms with Gasteiger partial charge in [0.2, 0.25) is 10.0 Å². The van der Waals surface area contributed by atoms with Crippen LogP contribution in [0.3, 0.4) is 0 Å². The monoisotopic (exact) mass is 370 g/mol. The van der Waals surface area contributed by atoms with Gasteiger partial charge in [-0.05, 0) is 31.2 Å². The van der Waals surface area contributed by atoms with E-state index in [1.807, 2.05) is 0 Å². The molecule has 2 aromatic rings. The molecule has 1 saturated heterocycles. The van der Waals surface area contributed by atoms with Gasteiger partial charge in [0.05, 0.1) is 6.26 Å². The highest BCUT2D eigenvalue weighted by Crippen LogP contribution is 2.22. The number of aryl methyl sites for hydroxylation is 1. The van der Waals surface area contributed by atoms with Crippen LogP contribution >= 0.6 is 0 Å². The van der Waals surface area contributed by atoms with E-state index in [2.05, 4.69) is 0 Å². The number of hydrogen-bond donors (Lipinski definition) is 0. The van der Waals surface area contributed by atoms with Crippen LogP contribution in [0.4, 0.5) is 8.78 Å². The summed E-state index contributed by atoms with van der Waals surface area (Å²) in [7, 11) is -4.17. The molecular weight excluding hydrogens is 354 g/mol. The smallest absolute Gasteiger partial charge is 0.289 e. The summed E-state index contributed by atoms with van der Waals surface area (Å²) in [6.45, 7) is 1.99. The van der Waals surface area contributed by atoms with Gasteiger partial charge < -0.3 is 9.32 Å². The standard InChI is InChI=1S/C16H16F2N2O4S/c1-11-4-9-24-15(11)16(21)19-5-7-20(8-6-19)25(22,23)14-10-12(17)2-3-13(14)18/h2-4,9-10H,5-8H2,1H3. The minimum absolute atomic E-state index is 0.0101. The highest BCUT2D eigenvalue weighted by Gasteiger charge is 2.33. The zero-order chi connectivity index (χ0) is 18.2. The molecule has 6 nitrogen and oxygen atoms in total. The first-order valence-corrected chi connectivity index (χ1v) is 9.03. The lowest BCUT2D eigenvalue weighted by molar-refractivity contribution is 0.0665. The van der Waals surface area contributed by atoms with Crippen molar-refractivity contribution in [2.24, 2.45) is 0 Å². The van der Waals surface area contributed by atoms with Crippen LogP contribution in [0.5, 0.6) is 0 Å². The molecule has 1 fully saturated rings. The van der Waals surface area contributed by atoms with E-state index in [1.54, 1.807) is 13.0 Å². The van der Waals surface area contributed by atoms with E-state index in [-0.39, 0.29) is 37.8 Å². The number of sulfonamides is 1. The first kappa shape index (κ1) is 17.6. The quantitative estimate of drug-likeness (QED) is 0.829. The van der Waals surface area contributed by atoms with Crippen molar-refractivity contribution in [1.82, 2.24) is 9.21 Å². The molecule has 0 aliphatic carbocycles. The number of furan rings is 1. The summed E-state index contributed by atoms with van der Waals surface area (Å²) in [6.07, 6.45) is 1.41. The molecule has 1 aliphatic rings. The summed E-state index contributed by atoms with van der Waals surface area (Å²) in [5.74, 6) is -1.95. The molecule has 134 valence electrons. The van der Waals surface area contributed by atoms with E-state index in [4.69, 9.17) is 4.42 Å². The van der Waals surface area contributed by atoms with Crippen molar-refractivity contribution in [2.45, 2.75) is 11.8 Å². The molecule has 9 heteroatoms. The van der Waals surface area contributed by atoms with E-state index in [0.717, 1.165) is 16.4 Å². The maximum absolute atomic E-state index is 13.8. The van der Waals surface area contributed by atoms with Gasteiger partial charge in [0.15, 0.2) is 5.76 Å². The van der Waals surface area contributed by atoms with Crippen molar-refractivity contribution in [3.05, 3.63) is 53.5 Å². The van der Waals surface area contributed by atoms with Gasteiger partial charge in [0.1, 0.15) is 16.5 Å². The van der Waals surface area contributed by atoms with Crippen molar-refractivity contribution < 1.29 is 26.4 Å². The molecule has 1 aromatic carbocycles. The van der Waals surface area contributed by atoms with Crippen molar-refractivity contribution in [3.63, 3.8) is 0 Å². The van der Waals surface area contributed by atoms with E-state index < -0.39 is 26.6 Å². The van der Waals surface area contributed by atoms with E-state index in [0.29, 0.717) is 11.6 Å². The highest BCUT2D eigenvalue weighted by atomic mass is 32.2. The Morgan fingerprint density at radius 2 is 1.80 bits per heavy atom. The SMILES string of the molecule is Cc1ccoc1C(=O)N1CCN(S(=O)(=O)c2cc(F)ccc2F)CC1. The molecule has 2 heterocycles. The number of piperazine rings is 1. The second kappa shape index (κ2) is 6.57. The molecule has 0 radical (unpaired) electrons. The fourth-order valence-corrected chi connectivity index (χ4v) is 4.18. The second-order valence-corrected chi connectivity index (χ2v) is 7.61. The van der Waals surface area contributed by atoms with E-state index in [9.17, 15) is 22.0 Å². The summed E-state index contributed by atoms with van der Waals surface area (Å²) in [4.78, 5) is 13.1. The third kappa shape index (κ3) is 3.29. The van der Waals surface area contributed by atoms with Crippen molar-refractivity contribution >= 4 is 15.9 Å². The number of nitrogens with zero attached hydrogens (tertiary/aromatic N) is 2. The van der Waals surface area contributed by atoms with Crippen LogP contribution < -0.4 is 0 Å². The molecular formula is C16H16F2N2O4S. The third-order valence-electron chi connectivity index (χ3n) is 4.09. The van der Waals surface area contributed by atoms with Crippen molar-refractivity contribution in [2.75, 3.05) is 26.2 Å². The van der Waals surface area contributed by atoms with Gasteiger partial charge in [-0.25, -0.2) is 17.2 Å². The molecule has 1 aromatic heterocycles. The molecule has 1 amide bonds. The molecule has 0 bridgehead atoms. The first-order valence-electron chi connectivity index (χ1n) is 7.59. The number of benzene rings is 1. The van der Waals surface area contributed by atoms with Crippen LogP contribution in [-0.2, 0) is 10.0 Å². The Morgan fingerprint density at radius 1 is 1.12 bits per heavy atom. The van der Waals surface area contributed by atoms with Crippen molar-refractivity contribution in [3.8, 4) is 0 Å². The summed E-state index contributed by atoms with van der Waals surface area (Å²) in [5.41, 5.74) is 0.696. The molecule has 25 heavy (non-hydrogen) atoms. The van der Waals surface area contributed by atoms with Gasteiger partial charge in [-0.1, -0.05) is 0 Å². The third-order valence-corrected chi connectivity index (χ3v) is 6.01. The summed E-state index contributed by atoms with van der Waals surface area (Å²) in [6, 6.07) is 3.97. The molecule has 3 rings (SSSR count). The Labute approximate surface area is 143 Å². The minimum atomic E-state index is -4.17. The lowest BCUT2D eigenvalue weighted by Crippen LogP contribution is -2.50. The Hall–Kier alpha value is -2.26. The Kier molecular flexibility index (Phi) is 4.61. The summed E-state index contributed by atoms with van der Waals surface area (Å²) < 4.78 is 58.3. The van der Waals surface area contributed by atoms with Gasteiger partial charge >= 0.3 is 0 Å². The average molecular weight is 370 g/mol. The molecule has 0 saturated carbocycles. The predicted octanol–water partition coefficient (Wildman–Crippen LogP) is 2.01.